The summed E-state index contributed by atoms with van der Waals surface area (Å²) < 4.78 is 31.3. The van der Waals surface area contributed by atoms with E-state index in [1.165, 1.54) is 17.5 Å². The first-order valence-corrected chi connectivity index (χ1v) is 8.19. The van der Waals surface area contributed by atoms with Gasteiger partial charge in [-0.2, -0.15) is 4.31 Å². The molecule has 0 amide bonds. The first-order valence-electron chi connectivity index (χ1n) is 6.34. The van der Waals surface area contributed by atoms with Crippen molar-refractivity contribution in [3.63, 3.8) is 0 Å². The highest BCUT2D eigenvalue weighted by Crippen LogP contribution is 2.26. The number of benzene rings is 1. The third-order valence-electron chi connectivity index (χ3n) is 3.46. The van der Waals surface area contributed by atoms with Gasteiger partial charge in [-0.1, -0.05) is 30.4 Å². The van der Waals surface area contributed by atoms with Gasteiger partial charge in [0.2, 0.25) is 10.0 Å². The number of carbonyl (C=O) groups excluding carboxylic acids is 1. The van der Waals surface area contributed by atoms with Gasteiger partial charge in [0.25, 0.3) is 0 Å². The average molecular weight is 328 g/mol. The van der Waals surface area contributed by atoms with Crippen molar-refractivity contribution in [3.8, 4) is 0 Å². The fourth-order valence-corrected chi connectivity index (χ4v) is 4.29. The van der Waals surface area contributed by atoms with Gasteiger partial charge in [-0.3, -0.25) is 4.79 Å². The lowest BCUT2D eigenvalue weighted by Crippen LogP contribution is -2.31. The molecule has 0 aromatic heterocycles. The Morgan fingerprint density at radius 3 is 2.71 bits per heavy atom. The van der Waals surface area contributed by atoms with E-state index >= 15 is 0 Å². The number of ether oxygens (including phenoxy) is 1. The van der Waals surface area contributed by atoms with Crippen molar-refractivity contribution >= 4 is 33.2 Å². The summed E-state index contributed by atoms with van der Waals surface area (Å²) in [5.41, 5.74) is 5.90. The van der Waals surface area contributed by atoms with Gasteiger partial charge < -0.3 is 10.5 Å². The van der Waals surface area contributed by atoms with E-state index in [0.29, 0.717) is 12.0 Å². The van der Waals surface area contributed by atoms with Crippen LogP contribution in [0, 0.1) is 5.92 Å². The lowest BCUT2D eigenvalue weighted by Gasteiger charge is -2.18. The van der Waals surface area contributed by atoms with Crippen molar-refractivity contribution in [3.05, 3.63) is 29.8 Å². The van der Waals surface area contributed by atoms with Gasteiger partial charge in [-0.05, 0) is 12.5 Å². The van der Waals surface area contributed by atoms with E-state index in [9.17, 15) is 13.2 Å². The number of carbonyl (C=O) groups is 1. The van der Waals surface area contributed by atoms with Crippen LogP contribution in [0.5, 0.6) is 0 Å². The molecule has 2 N–H and O–H groups in total. The van der Waals surface area contributed by atoms with Gasteiger partial charge in [0, 0.05) is 18.7 Å². The molecular formula is C13H16N2O4S2. The first kappa shape index (κ1) is 15.9. The summed E-state index contributed by atoms with van der Waals surface area (Å²) in [6.45, 7) is 0.383. The standard InChI is InChI=1S/C13H16N2O4S2/c1-19-13(16)9-6-7-15(8-9)21(17,18)11-5-3-2-4-10(11)12(14)20/h2-5,9H,6-8H2,1H3,(H2,14,20). The number of sulfonamides is 1. The number of methoxy groups -OCH3 is 1. The number of nitrogens with zero attached hydrogens (tertiary/aromatic N) is 1. The number of rotatable bonds is 4. The minimum atomic E-state index is -3.73. The Kier molecular flexibility index (Phi) is 4.60. The third-order valence-corrected chi connectivity index (χ3v) is 5.60. The highest BCUT2D eigenvalue weighted by Gasteiger charge is 2.37. The van der Waals surface area contributed by atoms with Crippen LogP contribution in [-0.2, 0) is 19.6 Å². The van der Waals surface area contributed by atoms with Crippen molar-refractivity contribution in [2.75, 3.05) is 20.2 Å². The smallest absolute Gasteiger partial charge is 0.310 e. The van der Waals surface area contributed by atoms with Gasteiger partial charge in [-0.15, -0.1) is 0 Å². The number of thiocarbonyl (C=S) groups is 1. The molecule has 1 fully saturated rings. The van der Waals surface area contributed by atoms with Crippen LogP contribution in [0.1, 0.15) is 12.0 Å². The van der Waals surface area contributed by atoms with E-state index in [0.717, 1.165) is 0 Å². The van der Waals surface area contributed by atoms with Crippen LogP contribution < -0.4 is 5.73 Å². The van der Waals surface area contributed by atoms with Crippen LogP contribution in [0.4, 0.5) is 0 Å². The van der Waals surface area contributed by atoms with Crippen LogP contribution in [-0.4, -0.2) is 43.9 Å². The van der Waals surface area contributed by atoms with E-state index in [2.05, 4.69) is 4.74 Å². The average Bonchev–Trinajstić information content (AvgIpc) is 2.97. The molecule has 0 bridgehead atoms. The normalized spacial score (nSPS) is 19.4. The predicted octanol–water partition coefficient (Wildman–Crippen LogP) is 0.504. The van der Waals surface area contributed by atoms with Crippen LogP contribution >= 0.6 is 12.2 Å². The van der Waals surface area contributed by atoms with Crippen LogP contribution in [0.15, 0.2) is 29.2 Å². The molecule has 8 heteroatoms. The second-order valence-corrected chi connectivity index (χ2v) is 7.08. The zero-order valence-electron chi connectivity index (χ0n) is 11.5. The molecule has 1 saturated heterocycles. The molecule has 6 nitrogen and oxygen atoms in total. The van der Waals surface area contributed by atoms with Crippen molar-refractivity contribution in [1.82, 2.24) is 4.31 Å². The zero-order valence-corrected chi connectivity index (χ0v) is 13.1. The fraction of sp³-hybridized carbons (Fsp3) is 0.385. The van der Waals surface area contributed by atoms with Gasteiger partial charge >= 0.3 is 5.97 Å². The van der Waals surface area contributed by atoms with Gasteiger partial charge in [0.05, 0.1) is 17.9 Å². The van der Waals surface area contributed by atoms with Crippen LogP contribution in [0.2, 0.25) is 0 Å². The molecule has 1 unspecified atom stereocenters. The van der Waals surface area contributed by atoms with Gasteiger partial charge in [0.1, 0.15) is 4.99 Å². The molecule has 0 spiro atoms. The van der Waals surface area contributed by atoms with Crippen molar-refractivity contribution in [1.29, 1.82) is 0 Å². The monoisotopic (exact) mass is 328 g/mol. The van der Waals surface area contributed by atoms with E-state index in [4.69, 9.17) is 18.0 Å². The van der Waals surface area contributed by atoms with Crippen LogP contribution in [0.25, 0.3) is 0 Å². The molecule has 21 heavy (non-hydrogen) atoms. The summed E-state index contributed by atoms with van der Waals surface area (Å²) >= 11 is 4.90. The minimum absolute atomic E-state index is 0.0258. The number of nitrogens with two attached hydrogens (primary N) is 1. The van der Waals surface area contributed by atoms with Crippen molar-refractivity contribution in [2.45, 2.75) is 11.3 Å². The lowest BCUT2D eigenvalue weighted by atomic mass is 10.1. The Bertz CT molecular complexity index is 673. The maximum absolute atomic E-state index is 12.7. The van der Waals surface area contributed by atoms with Gasteiger partial charge in [0.15, 0.2) is 0 Å². The number of esters is 1. The zero-order chi connectivity index (χ0) is 15.6. The van der Waals surface area contributed by atoms with Gasteiger partial charge in [-0.25, -0.2) is 8.42 Å². The van der Waals surface area contributed by atoms with Crippen LogP contribution in [0.3, 0.4) is 0 Å². The summed E-state index contributed by atoms with van der Waals surface area (Å²) in [7, 11) is -2.44. The van der Waals surface area contributed by atoms with E-state index in [1.54, 1.807) is 18.2 Å². The van der Waals surface area contributed by atoms with E-state index in [1.807, 2.05) is 0 Å². The summed E-state index contributed by atoms with van der Waals surface area (Å²) in [4.78, 5) is 11.6. The third kappa shape index (κ3) is 3.07. The molecule has 0 radical (unpaired) electrons. The number of hydrogen-bond acceptors (Lipinski definition) is 5. The Hall–Kier alpha value is -1.51. The SMILES string of the molecule is COC(=O)C1CCN(S(=O)(=O)c2ccccc2C(N)=S)C1. The molecule has 1 aliphatic rings. The van der Waals surface area contributed by atoms with Crippen molar-refractivity contribution < 1.29 is 17.9 Å². The van der Waals surface area contributed by atoms with E-state index < -0.39 is 21.9 Å². The Morgan fingerprint density at radius 2 is 2.10 bits per heavy atom. The fourth-order valence-electron chi connectivity index (χ4n) is 2.34. The molecule has 1 aliphatic heterocycles. The second kappa shape index (κ2) is 6.08. The highest BCUT2D eigenvalue weighted by atomic mass is 32.2. The maximum Gasteiger partial charge on any atom is 0.310 e. The quantitative estimate of drug-likeness (QED) is 0.640. The Labute approximate surface area is 128 Å². The molecule has 1 aromatic carbocycles. The molecule has 1 atom stereocenters. The van der Waals surface area contributed by atoms with E-state index in [-0.39, 0.29) is 23.0 Å². The Balaban J connectivity index is 2.32. The van der Waals surface area contributed by atoms with Crippen molar-refractivity contribution in [2.24, 2.45) is 11.7 Å². The largest absolute Gasteiger partial charge is 0.469 e. The summed E-state index contributed by atoms with van der Waals surface area (Å²) in [6, 6.07) is 6.33. The molecule has 1 heterocycles. The molecule has 114 valence electrons. The molecular weight excluding hydrogens is 312 g/mol. The molecule has 1 aromatic rings. The second-order valence-electron chi connectivity index (χ2n) is 4.73. The summed E-state index contributed by atoms with van der Waals surface area (Å²) in [6.07, 6.45) is 0.446. The lowest BCUT2D eigenvalue weighted by molar-refractivity contribution is -0.144. The summed E-state index contributed by atoms with van der Waals surface area (Å²) in [5, 5.41) is 0. The maximum atomic E-state index is 12.7. The highest BCUT2D eigenvalue weighted by molar-refractivity contribution is 7.89. The molecule has 0 aliphatic carbocycles. The minimum Gasteiger partial charge on any atom is -0.469 e. The number of hydrogen-bond donors (Lipinski definition) is 1. The molecule has 0 saturated carbocycles. The molecule has 2 rings (SSSR count). The Morgan fingerprint density at radius 1 is 1.43 bits per heavy atom. The summed E-state index contributed by atoms with van der Waals surface area (Å²) in [5.74, 6) is -0.822. The topological polar surface area (TPSA) is 89.7 Å². The predicted molar refractivity (Wildman–Crippen MR) is 81.2 cm³/mol. The first-order chi connectivity index (χ1) is 9.87.